The molecule has 1 rings (SSSR count). The van der Waals surface area contributed by atoms with Crippen LogP contribution < -0.4 is 4.74 Å². The van der Waals surface area contributed by atoms with Crippen LogP contribution >= 0.6 is 0 Å². The second kappa shape index (κ2) is 5.17. The van der Waals surface area contributed by atoms with Crippen LogP contribution in [-0.4, -0.2) is 21.9 Å². The van der Waals surface area contributed by atoms with E-state index in [1.54, 1.807) is 30.3 Å². The highest BCUT2D eigenvalue weighted by molar-refractivity contribution is 5.30. The SMILES string of the molecule is CC(C)(C)Oc1ccc(C(O)C(O)C#N)cc1. The zero-order chi connectivity index (χ0) is 13.1. The molecule has 0 saturated carbocycles. The van der Waals surface area contributed by atoms with Crippen LogP contribution in [0.15, 0.2) is 24.3 Å². The molecule has 0 aliphatic carbocycles. The van der Waals surface area contributed by atoms with E-state index in [9.17, 15) is 10.2 Å². The van der Waals surface area contributed by atoms with Crippen LogP contribution in [0.25, 0.3) is 0 Å². The van der Waals surface area contributed by atoms with E-state index >= 15 is 0 Å². The number of nitrogens with zero attached hydrogens (tertiary/aromatic N) is 1. The lowest BCUT2D eigenvalue weighted by Gasteiger charge is -2.21. The average Bonchev–Trinajstić information content (AvgIpc) is 2.26. The van der Waals surface area contributed by atoms with Crippen molar-refractivity contribution in [1.29, 1.82) is 5.26 Å². The molecule has 4 nitrogen and oxygen atoms in total. The number of aliphatic hydroxyl groups is 2. The van der Waals surface area contributed by atoms with Crippen LogP contribution in [0.4, 0.5) is 0 Å². The van der Waals surface area contributed by atoms with Gasteiger partial charge in [-0.2, -0.15) is 5.26 Å². The van der Waals surface area contributed by atoms with Crippen molar-refractivity contribution in [2.75, 3.05) is 0 Å². The zero-order valence-corrected chi connectivity index (χ0v) is 10.2. The highest BCUT2D eigenvalue weighted by Crippen LogP contribution is 2.22. The number of hydrogen-bond donors (Lipinski definition) is 2. The fourth-order valence-corrected chi connectivity index (χ4v) is 1.34. The van der Waals surface area contributed by atoms with Gasteiger partial charge in [0.1, 0.15) is 17.5 Å². The maximum Gasteiger partial charge on any atom is 0.170 e. The minimum absolute atomic E-state index is 0.285. The van der Waals surface area contributed by atoms with Crippen LogP contribution in [0.1, 0.15) is 32.4 Å². The predicted octanol–water partition coefficient (Wildman–Crippen LogP) is 1.78. The number of rotatable bonds is 3. The monoisotopic (exact) mass is 235 g/mol. The van der Waals surface area contributed by atoms with Gasteiger partial charge in [-0.15, -0.1) is 0 Å². The summed E-state index contributed by atoms with van der Waals surface area (Å²) in [7, 11) is 0. The van der Waals surface area contributed by atoms with E-state index in [0.29, 0.717) is 11.3 Å². The Kier molecular flexibility index (Phi) is 4.11. The molecule has 4 heteroatoms. The number of nitriles is 1. The van der Waals surface area contributed by atoms with Crippen LogP contribution in [0.5, 0.6) is 5.75 Å². The van der Waals surface area contributed by atoms with Gasteiger partial charge in [-0.25, -0.2) is 0 Å². The summed E-state index contributed by atoms with van der Waals surface area (Å²) in [6, 6.07) is 8.26. The van der Waals surface area contributed by atoms with Crippen molar-refractivity contribution in [2.24, 2.45) is 0 Å². The van der Waals surface area contributed by atoms with Gasteiger partial charge in [-0.1, -0.05) is 12.1 Å². The van der Waals surface area contributed by atoms with Crippen molar-refractivity contribution >= 4 is 0 Å². The van der Waals surface area contributed by atoms with Crippen LogP contribution in [0.3, 0.4) is 0 Å². The van der Waals surface area contributed by atoms with Crippen molar-refractivity contribution in [3.63, 3.8) is 0 Å². The molecule has 0 bridgehead atoms. The summed E-state index contributed by atoms with van der Waals surface area (Å²) in [5.74, 6) is 0.680. The molecule has 2 atom stereocenters. The standard InChI is InChI=1S/C13H17NO3/c1-13(2,3)17-10-6-4-9(5-7-10)12(16)11(15)8-14/h4-7,11-12,15-16H,1-3H3. The fraction of sp³-hybridized carbons (Fsp3) is 0.462. The topological polar surface area (TPSA) is 73.5 Å². The molecule has 17 heavy (non-hydrogen) atoms. The van der Waals surface area contributed by atoms with Crippen LogP contribution in [0.2, 0.25) is 0 Å². The summed E-state index contributed by atoms with van der Waals surface area (Å²) in [4.78, 5) is 0. The smallest absolute Gasteiger partial charge is 0.170 e. The molecule has 92 valence electrons. The second-order valence-corrected chi connectivity index (χ2v) is 4.80. The predicted molar refractivity (Wildman–Crippen MR) is 63.4 cm³/mol. The van der Waals surface area contributed by atoms with Gasteiger partial charge in [0.15, 0.2) is 6.10 Å². The lowest BCUT2D eigenvalue weighted by molar-refractivity contribution is 0.0527. The van der Waals surface area contributed by atoms with Crippen molar-refractivity contribution in [3.8, 4) is 11.8 Å². The van der Waals surface area contributed by atoms with E-state index in [1.807, 2.05) is 20.8 Å². The first kappa shape index (κ1) is 13.5. The van der Waals surface area contributed by atoms with Crippen molar-refractivity contribution in [3.05, 3.63) is 29.8 Å². The summed E-state index contributed by atoms with van der Waals surface area (Å²) in [6.45, 7) is 5.82. The Balaban J connectivity index is 2.79. The Labute approximate surface area is 101 Å². The number of benzene rings is 1. The minimum atomic E-state index is -1.41. The molecule has 0 spiro atoms. The van der Waals surface area contributed by atoms with Gasteiger partial charge in [-0.05, 0) is 38.5 Å². The minimum Gasteiger partial charge on any atom is -0.488 e. The Morgan fingerprint density at radius 1 is 1.18 bits per heavy atom. The van der Waals surface area contributed by atoms with E-state index in [1.165, 1.54) is 0 Å². The first-order chi connectivity index (χ1) is 7.83. The molecular formula is C13H17NO3. The van der Waals surface area contributed by atoms with E-state index < -0.39 is 12.2 Å². The molecular weight excluding hydrogens is 218 g/mol. The molecule has 0 amide bonds. The zero-order valence-electron chi connectivity index (χ0n) is 10.2. The summed E-state index contributed by atoms with van der Waals surface area (Å²) < 4.78 is 5.61. The molecule has 1 aromatic rings. The molecule has 0 aliphatic heterocycles. The second-order valence-electron chi connectivity index (χ2n) is 4.80. The molecule has 0 fully saturated rings. The van der Waals surface area contributed by atoms with Gasteiger partial charge in [0.2, 0.25) is 0 Å². The fourth-order valence-electron chi connectivity index (χ4n) is 1.34. The molecule has 0 aromatic heterocycles. The highest BCUT2D eigenvalue weighted by Gasteiger charge is 2.18. The Morgan fingerprint density at radius 2 is 1.71 bits per heavy atom. The Bertz CT molecular complexity index is 400. The summed E-state index contributed by atoms with van der Waals surface area (Å²) in [5.41, 5.74) is 0.201. The lowest BCUT2D eigenvalue weighted by atomic mass is 10.1. The van der Waals surface area contributed by atoms with E-state index in [-0.39, 0.29) is 5.60 Å². The normalized spacial score (nSPS) is 14.8. The van der Waals surface area contributed by atoms with Crippen molar-refractivity contribution in [2.45, 2.75) is 38.6 Å². The van der Waals surface area contributed by atoms with Crippen LogP contribution in [0, 0.1) is 11.3 Å². The summed E-state index contributed by atoms with van der Waals surface area (Å²) in [6.07, 6.45) is -2.60. The molecule has 0 heterocycles. The van der Waals surface area contributed by atoms with E-state index in [4.69, 9.17) is 10.00 Å². The first-order valence-corrected chi connectivity index (χ1v) is 5.38. The van der Waals surface area contributed by atoms with Gasteiger partial charge >= 0.3 is 0 Å². The summed E-state index contributed by atoms with van der Waals surface area (Å²) >= 11 is 0. The van der Waals surface area contributed by atoms with Crippen molar-refractivity contribution < 1.29 is 14.9 Å². The number of hydrogen-bond acceptors (Lipinski definition) is 4. The number of aliphatic hydroxyl groups excluding tert-OH is 2. The molecule has 2 unspecified atom stereocenters. The molecule has 0 radical (unpaired) electrons. The molecule has 1 aromatic carbocycles. The molecule has 0 saturated heterocycles. The van der Waals surface area contributed by atoms with Gasteiger partial charge in [0.05, 0.1) is 6.07 Å². The van der Waals surface area contributed by atoms with Crippen LogP contribution in [-0.2, 0) is 0 Å². The summed E-state index contributed by atoms with van der Waals surface area (Å²) in [5, 5.41) is 27.3. The average molecular weight is 235 g/mol. The molecule has 2 N–H and O–H groups in total. The van der Waals surface area contributed by atoms with Gasteiger partial charge < -0.3 is 14.9 Å². The van der Waals surface area contributed by atoms with E-state index in [0.717, 1.165) is 0 Å². The van der Waals surface area contributed by atoms with Gasteiger partial charge in [-0.3, -0.25) is 0 Å². The third kappa shape index (κ3) is 4.06. The van der Waals surface area contributed by atoms with E-state index in [2.05, 4.69) is 0 Å². The lowest BCUT2D eigenvalue weighted by Crippen LogP contribution is -2.23. The molecule has 0 aliphatic rings. The first-order valence-electron chi connectivity index (χ1n) is 5.38. The van der Waals surface area contributed by atoms with Crippen molar-refractivity contribution in [1.82, 2.24) is 0 Å². The maximum atomic E-state index is 9.60. The third-order valence-corrected chi connectivity index (χ3v) is 2.08. The largest absolute Gasteiger partial charge is 0.488 e. The van der Waals surface area contributed by atoms with Gasteiger partial charge in [0, 0.05) is 0 Å². The maximum absolute atomic E-state index is 9.60. The highest BCUT2D eigenvalue weighted by atomic mass is 16.5. The Hall–Kier alpha value is -1.57. The third-order valence-electron chi connectivity index (χ3n) is 2.08. The van der Waals surface area contributed by atoms with Gasteiger partial charge in [0.25, 0.3) is 0 Å². The Morgan fingerprint density at radius 3 is 2.12 bits per heavy atom. The number of ether oxygens (including phenoxy) is 1. The quantitative estimate of drug-likeness (QED) is 0.783.